The number of hydrogen-bond donors (Lipinski definition) is 0. The van der Waals surface area contributed by atoms with E-state index in [-0.39, 0.29) is 11.1 Å². The first-order chi connectivity index (χ1) is 5.70. The van der Waals surface area contributed by atoms with Crippen LogP contribution in [0.4, 0.5) is 0 Å². The number of nitrogens with zero attached hydrogens (tertiary/aromatic N) is 3. The van der Waals surface area contributed by atoms with Crippen molar-refractivity contribution in [1.29, 1.82) is 5.26 Å². The van der Waals surface area contributed by atoms with Crippen LogP contribution in [0, 0.1) is 18.3 Å². The summed E-state index contributed by atoms with van der Waals surface area (Å²) in [7, 11) is 0. The molecule has 62 valence electrons. The minimum Gasteiger partial charge on any atom is -0.296 e. The van der Waals surface area contributed by atoms with Gasteiger partial charge in [0.2, 0.25) is 0 Å². The Kier molecular flexibility index (Phi) is 2.24. The van der Waals surface area contributed by atoms with E-state index in [4.69, 9.17) is 5.26 Å². The van der Waals surface area contributed by atoms with Crippen molar-refractivity contribution in [1.82, 2.24) is 9.55 Å². The lowest BCUT2D eigenvalue weighted by molar-refractivity contribution is 0.672. The van der Waals surface area contributed by atoms with Crippen molar-refractivity contribution in [3.63, 3.8) is 0 Å². The Morgan fingerprint density at radius 3 is 2.92 bits per heavy atom. The van der Waals surface area contributed by atoms with E-state index >= 15 is 0 Å². The topological polar surface area (TPSA) is 58.7 Å². The van der Waals surface area contributed by atoms with Crippen molar-refractivity contribution in [2.24, 2.45) is 0 Å². The van der Waals surface area contributed by atoms with Crippen LogP contribution < -0.4 is 5.56 Å². The van der Waals surface area contributed by atoms with Gasteiger partial charge in [-0.3, -0.25) is 9.36 Å². The van der Waals surface area contributed by atoms with Gasteiger partial charge in [-0.25, -0.2) is 4.98 Å². The van der Waals surface area contributed by atoms with Gasteiger partial charge in [-0.2, -0.15) is 5.26 Å². The third-order valence-electron chi connectivity index (χ3n) is 1.68. The summed E-state index contributed by atoms with van der Waals surface area (Å²) in [5, 5.41) is 8.53. The Balaban J connectivity index is 3.48. The highest BCUT2D eigenvalue weighted by Crippen LogP contribution is 1.91. The minimum atomic E-state index is -0.257. The lowest BCUT2D eigenvalue weighted by Gasteiger charge is -2.04. The predicted molar refractivity (Wildman–Crippen MR) is 43.6 cm³/mol. The van der Waals surface area contributed by atoms with Crippen LogP contribution in [-0.4, -0.2) is 9.55 Å². The zero-order chi connectivity index (χ0) is 9.14. The van der Waals surface area contributed by atoms with Crippen LogP contribution in [0.1, 0.15) is 18.3 Å². The first-order valence-electron chi connectivity index (χ1n) is 3.67. The first-order valence-corrected chi connectivity index (χ1v) is 3.67. The molecule has 1 rings (SSSR count). The van der Waals surface area contributed by atoms with Crippen molar-refractivity contribution < 1.29 is 0 Å². The molecular weight excluding hydrogens is 154 g/mol. The van der Waals surface area contributed by atoms with Gasteiger partial charge in [-0.05, 0) is 13.8 Å². The second kappa shape index (κ2) is 3.18. The first kappa shape index (κ1) is 8.47. The molecular formula is C8H9N3O. The van der Waals surface area contributed by atoms with E-state index in [0.717, 1.165) is 0 Å². The Morgan fingerprint density at radius 1 is 1.75 bits per heavy atom. The monoisotopic (exact) mass is 163 g/mol. The fraction of sp³-hybridized carbons (Fsp3) is 0.375. The van der Waals surface area contributed by atoms with Crippen molar-refractivity contribution >= 4 is 0 Å². The van der Waals surface area contributed by atoms with Crippen molar-refractivity contribution in [2.75, 3.05) is 0 Å². The Morgan fingerprint density at radius 2 is 2.42 bits per heavy atom. The van der Waals surface area contributed by atoms with Gasteiger partial charge in [0.05, 0.1) is 6.20 Å². The summed E-state index contributed by atoms with van der Waals surface area (Å²) in [6.45, 7) is 4.14. The zero-order valence-electron chi connectivity index (χ0n) is 7.03. The average molecular weight is 163 g/mol. The summed E-state index contributed by atoms with van der Waals surface area (Å²) >= 11 is 0. The molecule has 0 saturated carbocycles. The minimum absolute atomic E-state index is 0.0995. The maximum atomic E-state index is 11.4. The van der Waals surface area contributed by atoms with Crippen LogP contribution >= 0.6 is 0 Å². The largest absolute Gasteiger partial charge is 0.296 e. The van der Waals surface area contributed by atoms with Crippen LogP contribution in [0.2, 0.25) is 0 Å². The summed E-state index contributed by atoms with van der Waals surface area (Å²) in [6, 6.07) is 1.80. The van der Waals surface area contributed by atoms with Gasteiger partial charge in [0.1, 0.15) is 17.5 Å². The number of rotatable bonds is 1. The SMILES string of the molecule is CCn1c(C)ncc(C#N)c1=O. The molecule has 0 unspecified atom stereocenters. The molecule has 4 heteroatoms. The second-order valence-corrected chi connectivity index (χ2v) is 2.38. The molecule has 0 aliphatic heterocycles. The van der Waals surface area contributed by atoms with E-state index in [1.807, 2.05) is 6.92 Å². The molecule has 0 spiro atoms. The molecule has 0 radical (unpaired) electrons. The average Bonchev–Trinajstić information content (AvgIpc) is 2.06. The maximum absolute atomic E-state index is 11.4. The summed E-state index contributed by atoms with van der Waals surface area (Å²) in [5.74, 6) is 0.640. The van der Waals surface area contributed by atoms with E-state index in [0.29, 0.717) is 12.4 Å². The van der Waals surface area contributed by atoms with Crippen LogP contribution in [0.3, 0.4) is 0 Å². The summed E-state index contributed by atoms with van der Waals surface area (Å²) < 4.78 is 1.47. The molecule has 0 aliphatic carbocycles. The number of hydrogen-bond acceptors (Lipinski definition) is 3. The fourth-order valence-corrected chi connectivity index (χ4v) is 1.02. The second-order valence-electron chi connectivity index (χ2n) is 2.38. The van der Waals surface area contributed by atoms with E-state index in [1.54, 1.807) is 13.0 Å². The molecule has 0 bridgehead atoms. The van der Waals surface area contributed by atoms with Crippen LogP contribution in [-0.2, 0) is 6.54 Å². The van der Waals surface area contributed by atoms with Gasteiger partial charge < -0.3 is 0 Å². The van der Waals surface area contributed by atoms with E-state index in [9.17, 15) is 4.79 Å². The quantitative estimate of drug-likeness (QED) is 0.603. The Labute approximate surface area is 70.1 Å². The van der Waals surface area contributed by atoms with Gasteiger partial charge in [0.15, 0.2) is 0 Å². The lowest BCUT2D eigenvalue weighted by Crippen LogP contribution is -2.24. The van der Waals surface area contributed by atoms with Crippen LogP contribution in [0.15, 0.2) is 11.0 Å². The predicted octanol–water partition coefficient (Wildman–Crippen LogP) is 0.443. The molecule has 4 nitrogen and oxygen atoms in total. The third-order valence-corrected chi connectivity index (χ3v) is 1.68. The zero-order valence-corrected chi connectivity index (χ0v) is 7.03. The molecule has 12 heavy (non-hydrogen) atoms. The molecule has 0 amide bonds. The summed E-state index contributed by atoms with van der Waals surface area (Å²) in [6.07, 6.45) is 1.31. The van der Waals surface area contributed by atoms with E-state index < -0.39 is 0 Å². The standard InChI is InChI=1S/C8H9N3O/c1-3-11-6(2)10-5-7(4-9)8(11)12/h5H,3H2,1-2H3. The number of aryl methyl sites for hydroxylation is 1. The lowest BCUT2D eigenvalue weighted by atomic mass is 10.3. The maximum Gasteiger partial charge on any atom is 0.271 e. The molecule has 0 atom stereocenters. The molecule has 0 N–H and O–H groups in total. The number of nitriles is 1. The van der Waals surface area contributed by atoms with Gasteiger partial charge in [0, 0.05) is 6.54 Å². The normalized spacial score (nSPS) is 9.42. The molecule has 0 fully saturated rings. The van der Waals surface area contributed by atoms with E-state index in [1.165, 1.54) is 10.8 Å². The fourth-order valence-electron chi connectivity index (χ4n) is 1.02. The third kappa shape index (κ3) is 1.21. The molecule has 0 aliphatic rings. The summed E-state index contributed by atoms with van der Waals surface area (Å²) in [4.78, 5) is 15.3. The molecule has 1 aromatic heterocycles. The highest BCUT2D eigenvalue weighted by Gasteiger charge is 2.03. The van der Waals surface area contributed by atoms with Gasteiger partial charge in [0.25, 0.3) is 5.56 Å². The molecule has 1 aromatic rings. The summed E-state index contributed by atoms with van der Waals surface area (Å²) in [5.41, 5.74) is -0.157. The van der Waals surface area contributed by atoms with Crippen molar-refractivity contribution in [3.8, 4) is 6.07 Å². The highest BCUT2D eigenvalue weighted by molar-refractivity contribution is 5.22. The van der Waals surface area contributed by atoms with Gasteiger partial charge >= 0.3 is 0 Å². The van der Waals surface area contributed by atoms with Crippen LogP contribution in [0.5, 0.6) is 0 Å². The van der Waals surface area contributed by atoms with E-state index in [2.05, 4.69) is 4.98 Å². The van der Waals surface area contributed by atoms with Crippen molar-refractivity contribution in [2.45, 2.75) is 20.4 Å². The number of aromatic nitrogens is 2. The molecule has 1 heterocycles. The van der Waals surface area contributed by atoms with Crippen LogP contribution in [0.25, 0.3) is 0 Å². The van der Waals surface area contributed by atoms with Gasteiger partial charge in [-0.15, -0.1) is 0 Å². The highest BCUT2D eigenvalue weighted by atomic mass is 16.1. The molecule has 0 saturated heterocycles. The Bertz CT molecular complexity index is 386. The smallest absolute Gasteiger partial charge is 0.271 e. The molecule has 0 aromatic carbocycles. The van der Waals surface area contributed by atoms with Gasteiger partial charge in [-0.1, -0.05) is 0 Å². The Hall–Kier alpha value is -1.63. The van der Waals surface area contributed by atoms with Crippen molar-refractivity contribution in [3.05, 3.63) is 27.9 Å².